The van der Waals surface area contributed by atoms with Crippen molar-refractivity contribution in [2.45, 2.75) is 6.92 Å². The molecule has 0 saturated heterocycles. The van der Waals surface area contributed by atoms with Crippen LogP contribution in [0.2, 0.25) is 5.02 Å². The Bertz CT molecular complexity index is 895. The number of carbonyl (C=O) groups is 1. The molecule has 0 fully saturated rings. The zero-order valence-electron chi connectivity index (χ0n) is 13.4. The lowest BCUT2D eigenvalue weighted by Crippen LogP contribution is -2.14. The van der Waals surface area contributed by atoms with Crippen molar-refractivity contribution in [3.63, 3.8) is 0 Å². The fraction of sp³-hybridized carbons (Fsp3) is 0.125. The molecule has 0 radical (unpaired) electrons. The summed E-state index contributed by atoms with van der Waals surface area (Å²) in [6.07, 6.45) is 0. The number of ether oxygens (including phenoxy) is 1. The number of aromatic nitrogens is 3. The molecule has 2 N–H and O–H groups in total. The van der Waals surface area contributed by atoms with Crippen LogP contribution in [0.5, 0.6) is 5.75 Å². The van der Waals surface area contributed by atoms with E-state index in [0.29, 0.717) is 28.2 Å². The fourth-order valence-corrected chi connectivity index (χ4v) is 2.28. The Labute approximate surface area is 148 Å². The first-order chi connectivity index (χ1) is 12.0. The molecule has 0 aliphatic heterocycles. The topological polar surface area (TPSA) is 102 Å². The number of halogens is 1. The summed E-state index contributed by atoms with van der Waals surface area (Å²) in [6.45, 7) is 1.73. The summed E-state index contributed by atoms with van der Waals surface area (Å²) in [6, 6.07) is 10.0. The van der Waals surface area contributed by atoms with Gasteiger partial charge in [0.2, 0.25) is 0 Å². The first kappa shape index (κ1) is 16.7. The van der Waals surface area contributed by atoms with Crippen molar-refractivity contribution in [3.05, 3.63) is 52.9 Å². The lowest BCUT2D eigenvalue weighted by Gasteiger charge is -2.08. The number of hydrogen-bond acceptors (Lipinski definition) is 7. The number of amides is 1. The van der Waals surface area contributed by atoms with Gasteiger partial charge in [0.15, 0.2) is 17.3 Å². The highest BCUT2D eigenvalue weighted by Crippen LogP contribution is 2.28. The van der Waals surface area contributed by atoms with Crippen LogP contribution in [0.25, 0.3) is 0 Å². The van der Waals surface area contributed by atoms with E-state index < -0.39 is 5.91 Å². The third-order valence-electron chi connectivity index (χ3n) is 3.19. The van der Waals surface area contributed by atoms with Crippen LogP contribution < -0.4 is 15.4 Å². The van der Waals surface area contributed by atoms with Crippen LogP contribution in [0.1, 0.15) is 16.2 Å². The maximum Gasteiger partial charge on any atom is 0.277 e. The van der Waals surface area contributed by atoms with Crippen molar-refractivity contribution >= 4 is 34.8 Å². The van der Waals surface area contributed by atoms with Crippen LogP contribution >= 0.6 is 11.6 Å². The highest BCUT2D eigenvalue weighted by atomic mass is 35.5. The predicted octanol–water partition coefficient (Wildman–Crippen LogP) is 3.43. The molecule has 2 heterocycles. The number of methoxy groups -OCH3 is 1. The van der Waals surface area contributed by atoms with Gasteiger partial charge in [-0.2, -0.15) is 0 Å². The maximum atomic E-state index is 12.1. The zero-order valence-corrected chi connectivity index (χ0v) is 14.2. The highest BCUT2D eigenvalue weighted by molar-refractivity contribution is 6.32. The molecule has 0 saturated carbocycles. The Balaban J connectivity index is 1.67. The molecule has 0 unspecified atom stereocenters. The van der Waals surface area contributed by atoms with Crippen LogP contribution in [-0.2, 0) is 0 Å². The average molecular weight is 360 g/mol. The van der Waals surface area contributed by atoms with E-state index in [1.807, 2.05) is 0 Å². The molecule has 2 aromatic heterocycles. The van der Waals surface area contributed by atoms with Gasteiger partial charge in [-0.05, 0) is 37.3 Å². The van der Waals surface area contributed by atoms with Gasteiger partial charge in [0.25, 0.3) is 5.91 Å². The van der Waals surface area contributed by atoms with Gasteiger partial charge in [-0.25, -0.2) is 0 Å². The van der Waals surface area contributed by atoms with E-state index in [2.05, 4.69) is 26.0 Å². The third-order valence-corrected chi connectivity index (χ3v) is 3.49. The summed E-state index contributed by atoms with van der Waals surface area (Å²) in [7, 11) is 1.55. The van der Waals surface area contributed by atoms with E-state index in [9.17, 15) is 4.79 Å². The van der Waals surface area contributed by atoms with E-state index >= 15 is 0 Å². The van der Waals surface area contributed by atoms with Crippen LogP contribution in [-0.4, -0.2) is 28.4 Å². The molecule has 9 heteroatoms. The van der Waals surface area contributed by atoms with Crippen molar-refractivity contribution in [1.82, 2.24) is 15.4 Å². The minimum absolute atomic E-state index is 0.152. The van der Waals surface area contributed by atoms with Crippen molar-refractivity contribution in [1.29, 1.82) is 0 Å². The summed E-state index contributed by atoms with van der Waals surface area (Å²) in [5.41, 5.74) is 0.870. The number of nitrogens with one attached hydrogen (secondary N) is 2. The van der Waals surface area contributed by atoms with Gasteiger partial charge in [-0.3, -0.25) is 4.79 Å². The van der Waals surface area contributed by atoms with Gasteiger partial charge in [0.05, 0.1) is 12.1 Å². The summed E-state index contributed by atoms with van der Waals surface area (Å²) in [5, 5.41) is 17.6. The fourth-order valence-electron chi connectivity index (χ4n) is 2.02. The molecular weight excluding hydrogens is 346 g/mol. The Morgan fingerprint density at radius 3 is 2.60 bits per heavy atom. The Morgan fingerprint density at radius 2 is 2.00 bits per heavy atom. The van der Waals surface area contributed by atoms with Gasteiger partial charge in [-0.15, -0.1) is 10.2 Å². The molecule has 1 amide bonds. The van der Waals surface area contributed by atoms with Gasteiger partial charge in [-0.1, -0.05) is 16.8 Å². The lowest BCUT2D eigenvalue weighted by molar-refractivity contribution is 0.102. The van der Waals surface area contributed by atoms with Crippen LogP contribution in [0.4, 0.5) is 17.3 Å². The first-order valence-corrected chi connectivity index (χ1v) is 7.62. The maximum absolute atomic E-state index is 12.1. The number of anilines is 3. The molecule has 1 aromatic carbocycles. The number of nitrogens with zero attached hydrogens (tertiary/aromatic N) is 3. The largest absolute Gasteiger partial charge is 0.495 e. The number of hydrogen-bond donors (Lipinski definition) is 2. The number of aryl methyl sites for hydroxylation is 1. The molecule has 0 spiro atoms. The van der Waals surface area contributed by atoms with E-state index in [1.165, 1.54) is 0 Å². The Kier molecular flexibility index (Phi) is 4.80. The van der Waals surface area contributed by atoms with Crippen LogP contribution in [0, 0.1) is 6.92 Å². The summed E-state index contributed by atoms with van der Waals surface area (Å²) < 4.78 is 9.98. The molecule has 8 nitrogen and oxygen atoms in total. The summed E-state index contributed by atoms with van der Waals surface area (Å²) in [4.78, 5) is 12.1. The minimum atomic E-state index is -0.431. The molecular formula is C16H14ClN5O3. The number of rotatable bonds is 5. The van der Waals surface area contributed by atoms with Crippen LogP contribution in [0.15, 0.2) is 40.9 Å². The SMILES string of the molecule is COc1ccc(Nc2ccc(C(=O)Nc3cc(C)on3)nn2)cc1Cl. The molecule has 0 atom stereocenters. The van der Waals surface area contributed by atoms with Gasteiger partial charge in [0.1, 0.15) is 11.5 Å². The Morgan fingerprint density at radius 1 is 1.16 bits per heavy atom. The zero-order chi connectivity index (χ0) is 17.8. The Hall–Kier alpha value is -3.13. The summed E-state index contributed by atoms with van der Waals surface area (Å²) in [5.74, 6) is 1.53. The molecule has 3 rings (SSSR count). The second kappa shape index (κ2) is 7.18. The average Bonchev–Trinajstić information content (AvgIpc) is 3.00. The summed E-state index contributed by atoms with van der Waals surface area (Å²) >= 11 is 6.07. The second-order valence-corrected chi connectivity index (χ2v) is 5.46. The van der Waals surface area contributed by atoms with E-state index in [0.717, 1.165) is 5.69 Å². The lowest BCUT2D eigenvalue weighted by atomic mass is 10.3. The first-order valence-electron chi connectivity index (χ1n) is 7.24. The minimum Gasteiger partial charge on any atom is -0.495 e. The van der Waals surface area contributed by atoms with Crippen molar-refractivity contribution in [2.24, 2.45) is 0 Å². The standard InChI is InChI=1S/C16H14ClN5O3/c1-9-7-15(22-25-9)19-16(23)12-4-6-14(21-20-12)18-10-3-5-13(24-2)11(17)8-10/h3-8H,1-2H3,(H,18,21)(H,19,22,23). The second-order valence-electron chi connectivity index (χ2n) is 5.06. The number of benzene rings is 1. The predicted molar refractivity (Wildman–Crippen MR) is 92.5 cm³/mol. The molecule has 0 aliphatic carbocycles. The molecule has 0 bridgehead atoms. The van der Waals surface area contributed by atoms with E-state index in [4.69, 9.17) is 20.9 Å². The van der Waals surface area contributed by atoms with Gasteiger partial charge >= 0.3 is 0 Å². The van der Waals surface area contributed by atoms with Gasteiger partial charge in [0, 0.05) is 11.8 Å². The van der Waals surface area contributed by atoms with Gasteiger partial charge < -0.3 is 19.9 Å². The third kappa shape index (κ3) is 4.04. The van der Waals surface area contributed by atoms with Crippen molar-refractivity contribution < 1.29 is 14.1 Å². The van der Waals surface area contributed by atoms with Crippen molar-refractivity contribution in [3.8, 4) is 5.75 Å². The van der Waals surface area contributed by atoms with Crippen LogP contribution in [0.3, 0.4) is 0 Å². The smallest absolute Gasteiger partial charge is 0.277 e. The number of carbonyl (C=O) groups excluding carboxylic acids is 1. The molecule has 3 aromatic rings. The van der Waals surface area contributed by atoms with E-state index in [-0.39, 0.29) is 5.69 Å². The van der Waals surface area contributed by atoms with Crippen molar-refractivity contribution in [2.75, 3.05) is 17.7 Å². The molecule has 0 aliphatic rings. The monoisotopic (exact) mass is 359 g/mol. The molecule has 128 valence electrons. The van der Waals surface area contributed by atoms with E-state index in [1.54, 1.807) is 50.4 Å². The quantitative estimate of drug-likeness (QED) is 0.719. The highest BCUT2D eigenvalue weighted by Gasteiger charge is 2.11. The molecule has 25 heavy (non-hydrogen) atoms. The normalized spacial score (nSPS) is 10.4.